The molecule has 0 saturated carbocycles. The number of hydrogen-bond acceptors (Lipinski definition) is 0. The van der Waals surface area contributed by atoms with Crippen LogP contribution in [0.4, 0.5) is 0 Å². The van der Waals surface area contributed by atoms with Gasteiger partial charge in [-0.05, 0) is 25.3 Å². The second-order valence-electron chi connectivity index (χ2n) is 7.94. The molecule has 0 aliphatic rings. The van der Waals surface area contributed by atoms with E-state index in [0.717, 1.165) is 6.54 Å². The molecule has 0 amide bonds. The second kappa shape index (κ2) is 13.6. The zero-order valence-corrected chi connectivity index (χ0v) is 17.8. The summed E-state index contributed by atoms with van der Waals surface area (Å²) in [6.07, 6.45) is 23.4. The molecular formula is C25H41N2+. The van der Waals surface area contributed by atoms with Crippen molar-refractivity contribution >= 4 is 0 Å². The van der Waals surface area contributed by atoms with Crippen LogP contribution in [0, 0.1) is 0 Å². The predicted octanol–water partition coefficient (Wildman–Crippen LogP) is 7.09. The quantitative estimate of drug-likeness (QED) is 0.234. The summed E-state index contributed by atoms with van der Waals surface area (Å²) in [5.41, 5.74) is 1.43. The van der Waals surface area contributed by atoms with Crippen LogP contribution in [-0.2, 0) is 6.54 Å². The third kappa shape index (κ3) is 8.32. The Bertz CT molecular complexity index is 587. The maximum absolute atomic E-state index is 2.40. The molecule has 1 aromatic carbocycles. The van der Waals surface area contributed by atoms with E-state index in [4.69, 9.17) is 0 Å². The van der Waals surface area contributed by atoms with Crippen molar-refractivity contribution in [3.8, 4) is 0 Å². The maximum atomic E-state index is 2.40. The molecule has 150 valence electrons. The Morgan fingerprint density at radius 1 is 0.778 bits per heavy atom. The van der Waals surface area contributed by atoms with E-state index in [2.05, 4.69) is 72.0 Å². The van der Waals surface area contributed by atoms with Crippen LogP contribution < -0.4 is 4.57 Å². The van der Waals surface area contributed by atoms with E-state index in [9.17, 15) is 0 Å². The number of benzene rings is 1. The van der Waals surface area contributed by atoms with Crippen molar-refractivity contribution in [3.05, 3.63) is 54.6 Å². The Labute approximate surface area is 167 Å². The lowest BCUT2D eigenvalue weighted by Crippen LogP contribution is -2.29. The highest BCUT2D eigenvalue weighted by molar-refractivity contribution is 5.19. The molecule has 0 aliphatic carbocycles. The third-order valence-corrected chi connectivity index (χ3v) is 5.70. The van der Waals surface area contributed by atoms with Gasteiger partial charge in [-0.15, -0.1) is 0 Å². The predicted molar refractivity (Wildman–Crippen MR) is 116 cm³/mol. The van der Waals surface area contributed by atoms with Crippen LogP contribution in [0.5, 0.6) is 0 Å². The number of unbranched alkanes of at least 4 members (excludes halogenated alkanes) is 10. The van der Waals surface area contributed by atoms with E-state index in [0.29, 0.717) is 6.04 Å². The molecular weight excluding hydrogens is 328 g/mol. The lowest BCUT2D eigenvalue weighted by Gasteiger charge is -2.14. The first-order valence-corrected chi connectivity index (χ1v) is 11.5. The molecule has 0 bridgehead atoms. The first-order chi connectivity index (χ1) is 13.3. The summed E-state index contributed by atoms with van der Waals surface area (Å²) in [5.74, 6) is 0. The average Bonchev–Trinajstić information content (AvgIpc) is 3.18. The molecule has 2 heteroatoms. The van der Waals surface area contributed by atoms with E-state index in [-0.39, 0.29) is 0 Å². The number of nitrogens with zero attached hydrogens (tertiary/aromatic N) is 2. The van der Waals surface area contributed by atoms with Crippen molar-refractivity contribution in [2.45, 2.75) is 103 Å². The molecule has 1 atom stereocenters. The first-order valence-electron chi connectivity index (χ1n) is 11.5. The van der Waals surface area contributed by atoms with Crippen LogP contribution in [0.3, 0.4) is 0 Å². The zero-order chi connectivity index (χ0) is 19.2. The smallest absolute Gasteiger partial charge is 0.237 e. The molecule has 0 unspecified atom stereocenters. The Morgan fingerprint density at radius 2 is 1.37 bits per heavy atom. The van der Waals surface area contributed by atoms with Gasteiger partial charge in [-0.2, -0.15) is 0 Å². The zero-order valence-electron chi connectivity index (χ0n) is 17.8. The van der Waals surface area contributed by atoms with Crippen molar-refractivity contribution in [2.24, 2.45) is 0 Å². The molecule has 1 heterocycles. The van der Waals surface area contributed by atoms with E-state index >= 15 is 0 Å². The van der Waals surface area contributed by atoms with Gasteiger partial charge in [-0.1, -0.05) is 101 Å². The fraction of sp³-hybridized carbons (Fsp3) is 0.640. The molecule has 0 N–H and O–H groups in total. The standard InChI is InChI=1S/C25H41N2/c1-3-5-6-7-8-9-10-11-12-13-17-20-25(24-18-15-14-16-19-24)27-22-21-26(4-2)23-27/h14-16,18-19,21-23,25H,3-13,17,20H2,1-2H3/q+1/t25-/m0/s1. The van der Waals surface area contributed by atoms with Gasteiger partial charge in [0.05, 0.1) is 6.54 Å². The molecule has 2 nitrogen and oxygen atoms in total. The van der Waals surface area contributed by atoms with Crippen molar-refractivity contribution in [2.75, 3.05) is 0 Å². The van der Waals surface area contributed by atoms with E-state index < -0.39 is 0 Å². The van der Waals surface area contributed by atoms with Gasteiger partial charge < -0.3 is 0 Å². The Hall–Kier alpha value is -1.57. The first kappa shape index (κ1) is 21.7. The van der Waals surface area contributed by atoms with E-state index in [1.54, 1.807) is 0 Å². The number of hydrogen-bond donors (Lipinski definition) is 0. The van der Waals surface area contributed by atoms with E-state index in [1.165, 1.54) is 82.6 Å². The van der Waals surface area contributed by atoms with Gasteiger partial charge in [0, 0.05) is 0 Å². The van der Waals surface area contributed by atoms with Crippen LogP contribution in [0.2, 0.25) is 0 Å². The van der Waals surface area contributed by atoms with Gasteiger partial charge in [-0.25, -0.2) is 9.13 Å². The lowest BCUT2D eigenvalue weighted by molar-refractivity contribution is -0.693. The highest BCUT2D eigenvalue weighted by Gasteiger charge is 2.18. The van der Waals surface area contributed by atoms with Crippen molar-refractivity contribution in [1.29, 1.82) is 0 Å². The molecule has 0 saturated heterocycles. The minimum absolute atomic E-state index is 0.470. The summed E-state index contributed by atoms with van der Waals surface area (Å²) < 4.78 is 4.66. The van der Waals surface area contributed by atoms with Crippen LogP contribution >= 0.6 is 0 Å². The highest BCUT2D eigenvalue weighted by atomic mass is 15.1. The van der Waals surface area contributed by atoms with Crippen molar-refractivity contribution in [1.82, 2.24) is 4.57 Å². The summed E-state index contributed by atoms with van der Waals surface area (Å²) >= 11 is 0. The topological polar surface area (TPSA) is 8.81 Å². The Morgan fingerprint density at radius 3 is 1.93 bits per heavy atom. The summed E-state index contributed by atoms with van der Waals surface area (Å²) in [7, 11) is 0. The summed E-state index contributed by atoms with van der Waals surface area (Å²) in [6.45, 7) is 5.53. The van der Waals surface area contributed by atoms with Gasteiger partial charge >= 0.3 is 0 Å². The largest absolute Gasteiger partial charge is 0.244 e. The minimum atomic E-state index is 0.470. The number of rotatable bonds is 15. The second-order valence-corrected chi connectivity index (χ2v) is 7.94. The molecule has 27 heavy (non-hydrogen) atoms. The monoisotopic (exact) mass is 369 g/mol. The fourth-order valence-electron chi connectivity index (χ4n) is 3.95. The minimum Gasteiger partial charge on any atom is -0.237 e. The number of imidazole rings is 1. The van der Waals surface area contributed by atoms with Crippen molar-refractivity contribution in [3.63, 3.8) is 0 Å². The fourth-order valence-corrected chi connectivity index (χ4v) is 3.95. The Kier molecular flexibility index (Phi) is 10.9. The molecule has 0 aliphatic heterocycles. The van der Waals surface area contributed by atoms with Gasteiger partial charge in [-0.3, -0.25) is 0 Å². The average molecular weight is 370 g/mol. The van der Waals surface area contributed by atoms with Crippen LogP contribution in [0.15, 0.2) is 49.1 Å². The van der Waals surface area contributed by atoms with Gasteiger partial charge in [0.25, 0.3) is 0 Å². The Balaban J connectivity index is 1.67. The molecule has 2 aromatic rings. The summed E-state index contributed by atoms with van der Waals surface area (Å²) in [4.78, 5) is 0. The van der Waals surface area contributed by atoms with Gasteiger partial charge in [0.2, 0.25) is 6.33 Å². The molecule has 0 spiro atoms. The molecule has 2 rings (SSSR count). The van der Waals surface area contributed by atoms with Crippen LogP contribution in [0.25, 0.3) is 0 Å². The summed E-state index contributed by atoms with van der Waals surface area (Å²) in [5, 5.41) is 0. The van der Waals surface area contributed by atoms with Gasteiger partial charge in [0.1, 0.15) is 18.4 Å². The van der Waals surface area contributed by atoms with E-state index in [1.807, 2.05) is 0 Å². The third-order valence-electron chi connectivity index (χ3n) is 5.70. The lowest BCUT2D eigenvalue weighted by atomic mass is 9.99. The van der Waals surface area contributed by atoms with Crippen LogP contribution in [-0.4, -0.2) is 4.57 Å². The number of aromatic nitrogens is 2. The number of aryl methyl sites for hydroxylation is 1. The SMILES string of the molecule is CCCCCCCCCCCCC[C@@H](c1ccccc1)n1cc[n+](CC)c1. The molecule has 0 fully saturated rings. The maximum Gasteiger partial charge on any atom is 0.244 e. The molecule has 1 aromatic heterocycles. The molecule has 0 radical (unpaired) electrons. The normalized spacial score (nSPS) is 12.4. The highest BCUT2D eigenvalue weighted by Crippen LogP contribution is 2.24. The summed E-state index contributed by atoms with van der Waals surface area (Å²) in [6, 6.07) is 11.5. The van der Waals surface area contributed by atoms with Crippen molar-refractivity contribution < 1.29 is 4.57 Å². The van der Waals surface area contributed by atoms with Gasteiger partial charge in [0.15, 0.2) is 0 Å². The van der Waals surface area contributed by atoms with Crippen LogP contribution in [0.1, 0.15) is 103 Å².